The molecule has 12 heavy (non-hydrogen) atoms. The van der Waals surface area contributed by atoms with Gasteiger partial charge in [-0.05, 0) is 0 Å². The van der Waals surface area contributed by atoms with Crippen LogP contribution in [0.15, 0.2) is 25.1 Å². The first-order valence-electron chi connectivity index (χ1n) is 4.14. The monoisotopic (exact) mass is 168 g/mol. The summed E-state index contributed by atoms with van der Waals surface area (Å²) in [7, 11) is 2.06. The van der Waals surface area contributed by atoms with Crippen LogP contribution in [0.2, 0.25) is 0 Å². The molecule has 0 N–H and O–H groups in total. The van der Waals surface area contributed by atoms with Gasteiger partial charge in [0.25, 0.3) is 0 Å². The Balaban J connectivity index is 2.01. The van der Waals surface area contributed by atoms with E-state index in [-0.39, 0.29) is 0 Å². The predicted molar refractivity (Wildman–Crippen MR) is 49.5 cm³/mol. The zero-order valence-electron chi connectivity index (χ0n) is 7.57. The highest BCUT2D eigenvalue weighted by atomic mass is 16.5. The molecular formula is C9H16N2O. The molecular weight excluding hydrogens is 152 g/mol. The zero-order chi connectivity index (χ0) is 8.81. The van der Waals surface area contributed by atoms with Crippen LogP contribution < -0.4 is 0 Å². The van der Waals surface area contributed by atoms with Gasteiger partial charge < -0.3 is 14.5 Å². The second-order valence-corrected chi connectivity index (χ2v) is 2.87. The molecule has 0 radical (unpaired) electrons. The van der Waals surface area contributed by atoms with Crippen LogP contribution in [0.4, 0.5) is 0 Å². The molecule has 0 spiro atoms. The molecule has 1 aliphatic rings. The quantitative estimate of drug-likeness (QED) is 0.447. The Morgan fingerprint density at radius 2 is 2.42 bits per heavy atom. The SMILES string of the molecule is C=CCOCCN1C=CN(C)C1. The van der Waals surface area contributed by atoms with Gasteiger partial charge in [0, 0.05) is 26.0 Å². The molecule has 0 aromatic rings. The van der Waals surface area contributed by atoms with Crippen molar-refractivity contribution in [1.29, 1.82) is 0 Å². The standard InChI is InChI=1S/C9H16N2O/c1-3-7-12-8-6-11-5-4-10(2)9-11/h3-5H,1,6-9H2,2H3. The van der Waals surface area contributed by atoms with Crippen molar-refractivity contribution < 1.29 is 4.74 Å². The van der Waals surface area contributed by atoms with Crippen molar-refractivity contribution in [2.24, 2.45) is 0 Å². The molecule has 1 heterocycles. The molecule has 0 aromatic heterocycles. The van der Waals surface area contributed by atoms with Crippen LogP contribution in [-0.4, -0.2) is 43.3 Å². The van der Waals surface area contributed by atoms with Crippen molar-refractivity contribution in [2.45, 2.75) is 0 Å². The van der Waals surface area contributed by atoms with E-state index in [2.05, 4.69) is 35.8 Å². The topological polar surface area (TPSA) is 15.7 Å². The van der Waals surface area contributed by atoms with Crippen LogP contribution in [0.25, 0.3) is 0 Å². The molecule has 0 aliphatic carbocycles. The van der Waals surface area contributed by atoms with Gasteiger partial charge in [-0.3, -0.25) is 0 Å². The second-order valence-electron chi connectivity index (χ2n) is 2.87. The van der Waals surface area contributed by atoms with Crippen LogP contribution in [0.3, 0.4) is 0 Å². The van der Waals surface area contributed by atoms with E-state index in [4.69, 9.17) is 4.74 Å². The average molecular weight is 168 g/mol. The summed E-state index contributed by atoms with van der Waals surface area (Å²) in [6, 6.07) is 0. The molecule has 0 saturated heterocycles. The third-order valence-electron chi connectivity index (χ3n) is 1.70. The Morgan fingerprint density at radius 1 is 1.58 bits per heavy atom. The molecule has 3 nitrogen and oxygen atoms in total. The van der Waals surface area contributed by atoms with Crippen molar-refractivity contribution in [1.82, 2.24) is 9.80 Å². The van der Waals surface area contributed by atoms with E-state index in [1.165, 1.54) is 0 Å². The maximum absolute atomic E-state index is 5.27. The van der Waals surface area contributed by atoms with E-state index in [1.807, 2.05) is 0 Å². The molecule has 0 bridgehead atoms. The van der Waals surface area contributed by atoms with Crippen LogP contribution >= 0.6 is 0 Å². The van der Waals surface area contributed by atoms with Gasteiger partial charge in [-0.15, -0.1) is 6.58 Å². The molecule has 0 saturated carbocycles. The van der Waals surface area contributed by atoms with Crippen molar-refractivity contribution in [3.05, 3.63) is 25.1 Å². The molecule has 0 fully saturated rings. The normalized spacial score (nSPS) is 15.8. The Bertz CT molecular complexity index is 168. The smallest absolute Gasteiger partial charge is 0.0891 e. The van der Waals surface area contributed by atoms with Crippen LogP contribution in [0.1, 0.15) is 0 Å². The molecule has 68 valence electrons. The molecule has 1 rings (SSSR count). The van der Waals surface area contributed by atoms with Gasteiger partial charge in [-0.25, -0.2) is 0 Å². The van der Waals surface area contributed by atoms with Gasteiger partial charge in [-0.1, -0.05) is 6.08 Å². The largest absolute Gasteiger partial charge is 0.376 e. The number of rotatable bonds is 5. The second kappa shape index (κ2) is 4.83. The minimum Gasteiger partial charge on any atom is -0.376 e. The summed E-state index contributed by atoms with van der Waals surface area (Å²) >= 11 is 0. The Morgan fingerprint density at radius 3 is 3.00 bits per heavy atom. The molecule has 0 unspecified atom stereocenters. The fourth-order valence-electron chi connectivity index (χ4n) is 1.08. The number of hydrogen-bond acceptors (Lipinski definition) is 3. The lowest BCUT2D eigenvalue weighted by atomic mass is 10.6. The van der Waals surface area contributed by atoms with Crippen molar-refractivity contribution in [2.75, 3.05) is 33.5 Å². The minimum absolute atomic E-state index is 0.646. The molecule has 0 amide bonds. The third kappa shape index (κ3) is 2.96. The van der Waals surface area contributed by atoms with Crippen molar-refractivity contribution in [3.8, 4) is 0 Å². The highest BCUT2D eigenvalue weighted by molar-refractivity contribution is 4.88. The Hall–Kier alpha value is -0.960. The van der Waals surface area contributed by atoms with Crippen molar-refractivity contribution >= 4 is 0 Å². The van der Waals surface area contributed by atoms with Gasteiger partial charge >= 0.3 is 0 Å². The number of ether oxygens (including phenoxy) is 1. The summed E-state index contributed by atoms with van der Waals surface area (Å²) in [4.78, 5) is 4.34. The number of hydrogen-bond donors (Lipinski definition) is 0. The lowest BCUT2D eigenvalue weighted by molar-refractivity contribution is 0.134. The van der Waals surface area contributed by atoms with E-state index in [1.54, 1.807) is 6.08 Å². The molecule has 3 heteroatoms. The van der Waals surface area contributed by atoms with Gasteiger partial charge in [0.15, 0.2) is 0 Å². The van der Waals surface area contributed by atoms with Gasteiger partial charge in [0.2, 0.25) is 0 Å². The van der Waals surface area contributed by atoms with E-state index in [0.29, 0.717) is 6.61 Å². The lowest BCUT2D eigenvalue weighted by Crippen LogP contribution is -2.25. The fraction of sp³-hybridized carbons (Fsp3) is 0.556. The fourth-order valence-corrected chi connectivity index (χ4v) is 1.08. The van der Waals surface area contributed by atoms with Crippen LogP contribution in [0, 0.1) is 0 Å². The molecule has 0 aromatic carbocycles. The van der Waals surface area contributed by atoms with Crippen LogP contribution in [0.5, 0.6) is 0 Å². The van der Waals surface area contributed by atoms with E-state index in [0.717, 1.165) is 19.8 Å². The summed E-state index contributed by atoms with van der Waals surface area (Å²) in [6.45, 7) is 6.92. The molecule has 0 atom stereocenters. The summed E-state index contributed by atoms with van der Waals surface area (Å²) in [5.74, 6) is 0. The maximum Gasteiger partial charge on any atom is 0.0891 e. The minimum atomic E-state index is 0.646. The van der Waals surface area contributed by atoms with Crippen molar-refractivity contribution in [3.63, 3.8) is 0 Å². The highest BCUT2D eigenvalue weighted by Crippen LogP contribution is 2.02. The highest BCUT2D eigenvalue weighted by Gasteiger charge is 2.06. The lowest BCUT2D eigenvalue weighted by Gasteiger charge is -2.17. The predicted octanol–water partition coefficient (Wildman–Crippen LogP) is 0.865. The first-order valence-corrected chi connectivity index (χ1v) is 4.14. The molecule has 1 aliphatic heterocycles. The van der Waals surface area contributed by atoms with E-state index < -0.39 is 0 Å². The maximum atomic E-state index is 5.27. The summed E-state index contributed by atoms with van der Waals surface area (Å²) in [5, 5.41) is 0. The van der Waals surface area contributed by atoms with E-state index >= 15 is 0 Å². The summed E-state index contributed by atoms with van der Waals surface area (Å²) in [5.41, 5.74) is 0. The van der Waals surface area contributed by atoms with E-state index in [9.17, 15) is 0 Å². The summed E-state index contributed by atoms with van der Waals surface area (Å²) in [6.07, 6.45) is 5.91. The Labute approximate surface area is 73.9 Å². The van der Waals surface area contributed by atoms with Gasteiger partial charge in [-0.2, -0.15) is 0 Å². The number of nitrogens with zero attached hydrogens (tertiary/aromatic N) is 2. The average Bonchev–Trinajstić information content (AvgIpc) is 2.45. The third-order valence-corrected chi connectivity index (χ3v) is 1.70. The Kier molecular flexibility index (Phi) is 3.67. The van der Waals surface area contributed by atoms with Crippen LogP contribution in [-0.2, 0) is 4.74 Å². The first-order chi connectivity index (χ1) is 5.83. The van der Waals surface area contributed by atoms with Gasteiger partial charge in [0.1, 0.15) is 0 Å². The van der Waals surface area contributed by atoms with Gasteiger partial charge in [0.05, 0.1) is 19.9 Å². The zero-order valence-corrected chi connectivity index (χ0v) is 7.57. The first kappa shape index (κ1) is 9.13. The summed E-state index contributed by atoms with van der Waals surface area (Å²) < 4.78 is 5.27.